The molecule has 3 N–H and O–H groups in total. The molecule has 0 amide bonds. The summed E-state index contributed by atoms with van der Waals surface area (Å²) >= 11 is 0. The van der Waals surface area contributed by atoms with Crippen LogP contribution in [-0.4, -0.2) is 9.97 Å². The molecule has 0 spiro atoms. The molecule has 0 aliphatic carbocycles. The number of nitrogens with zero attached hydrogens (tertiary/aromatic N) is 2. The van der Waals surface area contributed by atoms with Crippen LogP contribution in [0.25, 0.3) is 0 Å². The van der Waals surface area contributed by atoms with E-state index in [0.29, 0.717) is 12.5 Å². The van der Waals surface area contributed by atoms with Crippen molar-refractivity contribution >= 4 is 11.6 Å². The van der Waals surface area contributed by atoms with Gasteiger partial charge in [0.05, 0.1) is 0 Å². The maximum atomic E-state index is 5.59. The van der Waals surface area contributed by atoms with Crippen molar-refractivity contribution < 1.29 is 0 Å². The van der Waals surface area contributed by atoms with Gasteiger partial charge in [-0.25, -0.2) is 9.97 Å². The highest BCUT2D eigenvalue weighted by molar-refractivity contribution is 5.40. The summed E-state index contributed by atoms with van der Waals surface area (Å²) in [5.41, 5.74) is 7.51. The Labute approximate surface area is 88.2 Å². The zero-order chi connectivity index (χ0) is 10.5. The van der Waals surface area contributed by atoms with Crippen LogP contribution in [0.5, 0.6) is 0 Å². The van der Waals surface area contributed by atoms with Crippen molar-refractivity contribution in [3.05, 3.63) is 48.3 Å². The van der Waals surface area contributed by atoms with Gasteiger partial charge in [0.25, 0.3) is 0 Å². The van der Waals surface area contributed by atoms with Crippen LogP contribution in [0.2, 0.25) is 0 Å². The Morgan fingerprint density at radius 1 is 1.07 bits per heavy atom. The first-order chi connectivity index (χ1) is 7.34. The molecule has 0 aliphatic heterocycles. The lowest BCUT2D eigenvalue weighted by molar-refractivity contribution is 1.05. The molecule has 0 unspecified atom stereocenters. The highest BCUT2D eigenvalue weighted by Crippen LogP contribution is 2.06. The Morgan fingerprint density at radius 3 is 2.40 bits per heavy atom. The summed E-state index contributed by atoms with van der Waals surface area (Å²) < 4.78 is 0. The third kappa shape index (κ3) is 2.67. The topological polar surface area (TPSA) is 63.8 Å². The van der Waals surface area contributed by atoms with Crippen molar-refractivity contribution in [3.63, 3.8) is 0 Å². The maximum absolute atomic E-state index is 5.59. The van der Waals surface area contributed by atoms with Crippen LogP contribution in [0.3, 0.4) is 0 Å². The number of nitrogen functional groups attached to an aromatic ring is 1. The van der Waals surface area contributed by atoms with Crippen LogP contribution in [0.15, 0.2) is 42.7 Å². The lowest BCUT2D eigenvalue weighted by Crippen LogP contribution is -2.02. The molecule has 1 aromatic heterocycles. The van der Waals surface area contributed by atoms with Crippen molar-refractivity contribution in [3.8, 4) is 0 Å². The lowest BCUT2D eigenvalue weighted by atomic mass is 10.2. The van der Waals surface area contributed by atoms with Crippen LogP contribution in [0.4, 0.5) is 11.6 Å². The Balaban J connectivity index is 1.96. The van der Waals surface area contributed by atoms with E-state index in [4.69, 9.17) is 5.73 Å². The van der Waals surface area contributed by atoms with Gasteiger partial charge in [0.15, 0.2) is 0 Å². The first-order valence-electron chi connectivity index (χ1n) is 4.70. The summed E-state index contributed by atoms with van der Waals surface area (Å²) in [6.45, 7) is 0.699. The molecule has 76 valence electrons. The second-order valence-electron chi connectivity index (χ2n) is 3.17. The summed E-state index contributed by atoms with van der Waals surface area (Å²) in [5.74, 6) is 0.634. The molecule has 2 rings (SSSR count). The van der Waals surface area contributed by atoms with Gasteiger partial charge in [0.1, 0.15) is 0 Å². The zero-order valence-electron chi connectivity index (χ0n) is 8.22. The van der Waals surface area contributed by atoms with Crippen molar-refractivity contribution in [2.24, 2.45) is 0 Å². The summed E-state index contributed by atoms with van der Waals surface area (Å²) in [6, 6.07) is 9.50. The standard InChI is InChI=1S/C11H12N4/c12-10-4-2-9(3-5-10)8-15-11-13-6-1-7-14-11/h1-7H,8,12H2,(H,13,14,15). The predicted octanol–water partition coefficient (Wildman–Crippen LogP) is 1.67. The summed E-state index contributed by atoms with van der Waals surface area (Å²) in [5, 5.41) is 3.12. The summed E-state index contributed by atoms with van der Waals surface area (Å²) in [6.07, 6.45) is 3.41. The van der Waals surface area contributed by atoms with E-state index in [1.807, 2.05) is 24.3 Å². The van der Waals surface area contributed by atoms with E-state index in [1.165, 1.54) is 0 Å². The summed E-state index contributed by atoms with van der Waals surface area (Å²) in [7, 11) is 0. The number of benzene rings is 1. The fourth-order valence-corrected chi connectivity index (χ4v) is 1.21. The zero-order valence-corrected chi connectivity index (χ0v) is 8.22. The van der Waals surface area contributed by atoms with E-state index in [0.717, 1.165) is 11.3 Å². The van der Waals surface area contributed by atoms with Crippen LogP contribution >= 0.6 is 0 Å². The van der Waals surface area contributed by atoms with E-state index in [2.05, 4.69) is 15.3 Å². The van der Waals surface area contributed by atoms with Gasteiger partial charge in [-0.2, -0.15) is 0 Å². The van der Waals surface area contributed by atoms with Crippen LogP contribution in [0, 0.1) is 0 Å². The Morgan fingerprint density at radius 2 is 1.73 bits per heavy atom. The number of nitrogens with two attached hydrogens (primary N) is 1. The number of aromatic nitrogens is 2. The molecule has 0 radical (unpaired) electrons. The molecule has 2 aromatic rings. The minimum Gasteiger partial charge on any atom is -0.399 e. The molecule has 0 fully saturated rings. The predicted molar refractivity (Wildman–Crippen MR) is 60.2 cm³/mol. The molecule has 4 nitrogen and oxygen atoms in total. The molecular formula is C11H12N4. The van der Waals surface area contributed by atoms with Crippen LogP contribution in [-0.2, 0) is 6.54 Å². The van der Waals surface area contributed by atoms with Gasteiger partial charge in [-0.05, 0) is 23.8 Å². The molecule has 0 saturated carbocycles. The van der Waals surface area contributed by atoms with Gasteiger partial charge >= 0.3 is 0 Å². The molecule has 0 atom stereocenters. The van der Waals surface area contributed by atoms with Gasteiger partial charge in [-0.3, -0.25) is 0 Å². The van der Waals surface area contributed by atoms with E-state index in [1.54, 1.807) is 18.5 Å². The van der Waals surface area contributed by atoms with E-state index < -0.39 is 0 Å². The lowest BCUT2D eigenvalue weighted by Gasteiger charge is -2.04. The van der Waals surface area contributed by atoms with E-state index in [9.17, 15) is 0 Å². The molecule has 0 bridgehead atoms. The minimum absolute atomic E-state index is 0.634. The van der Waals surface area contributed by atoms with Crippen molar-refractivity contribution in [2.45, 2.75) is 6.54 Å². The Bertz CT molecular complexity index is 410. The number of rotatable bonds is 3. The quantitative estimate of drug-likeness (QED) is 0.740. The van der Waals surface area contributed by atoms with Gasteiger partial charge < -0.3 is 11.1 Å². The minimum atomic E-state index is 0.634. The number of anilines is 2. The van der Waals surface area contributed by atoms with Gasteiger partial charge in [-0.1, -0.05) is 12.1 Å². The third-order valence-electron chi connectivity index (χ3n) is 2.00. The third-order valence-corrected chi connectivity index (χ3v) is 2.00. The second-order valence-corrected chi connectivity index (χ2v) is 3.17. The second kappa shape index (κ2) is 4.41. The van der Waals surface area contributed by atoms with Gasteiger partial charge in [0, 0.05) is 24.6 Å². The molecule has 0 saturated heterocycles. The summed E-state index contributed by atoms with van der Waals surface area (Å²) in [4.78, 5) is 8.13. The van der Waals surface area contributed by atoms with Crippen LogP contribution in [0.1, 0.15) is 5.56 Å². The normalized spacial score (nSPS) is 9.87. The number of hydrogen-bond donors (Lipinski definition) is 2. The maximum Gasteiger partial charge on any atom is 0.222 e. The van der Waals surface area contributed by atoms with Crippen LogP contribution < -0.4 is 11.1 Å². The smallest absolute Gasteiger partial charge is 0.222 e. The molecule has 1 aromatic carbocycles. The van der Waals surface area contributed by atoms with Crippen molar-refractivity contribution in [1.29, 1.82) is 0 Å². The molecule has 4 heteroatoms. The van der Waals surface area contributed by atoms with Crippen molar-refractivity contribution in [1.82, 2.24) is 9.97 Å². The first-order valence-corrected chi connectivity index (χ1v) is 4.70. The number of hydrogen-bond acceptors (Lipinski definition) is 4. The number of nitrogens with one attached hydrogen (secondary N) is 1. The fourth-order valence-electron chi connectivity index (χ4n) is 1.21. The Kier molecular flexibility index (Phi) is 2.78. The van der Waals surface area contributed by atoms with E-state index >= 15 is 0 Å². The van der Waals surface area contributed by atoms with Gasteiger partial charge in [0.2, 0.25) is 5.95 Å². The monoisotopic (exact) mass is 200 g/mol. The molecule has 0 aliphatic rings. The van der Waals surface area contributed by atoms with Gasteiger partial charge in [-0.15, -0.1) is 0 Å². The molecule has 15 heavy (non-hydrogen) atoms. The SMILES string of the molecule is Nc1ccc(CNc2ncccn2)cc1. The highest BCUT2D eigenvalue weighted by Gasteiger charge is 1.94. The molecular weight excluding hydrogens is 188 g/mol. The average molecular weight is 200 g/mol. The fraction of sp³-hybridized carbons (Fsp3) is 0.0909. The highest BCUT2D eigenvalue weighted by atomic mass is 15.1. The van der Waals surface area contributed by atoms with Crippen molar-refractivity contribution in [2.75, 3.05) is 11.1 Å². The molecule has 1 heterocycles. The largest absolute Gasteiger partial charge is 0.399 e. The average Bonchev–Trinajstić information content (AvgIpc) is 2.30. The van der Waals surface area contributed by atoms with E-state index in [-0.39, 0.29) is 0 Å². The first kappa shape index (κ1) is 9.45. The Hall–Kier alpha value is -2.10.